The van der Waals surface area contributed by atoms with Crippen LogP contribution in [0.5, 0.6) is 0 Å². The highest BCUT2D eigenvalue weighted by molar-refractivity contribution is 7.89. The minimum absolute atomic E-state index is 0.0791. The summed E-state index contributed by atoms with van der Waals surface area (Å²) in [6, 6.07) is 2.59. The number of likely N-dealkylation sites (tertiary alicyclic amines) is 1. The molecular weight excluding hydrogens is 346 g/mol. The Bertz CT molecular complexity index is 772. The summed E-state index contributed by atoms with van der Waals surface area (Å²) in [6.07, 6.45) is 3.02. The summed E-state index contributed by atoms with van der Waals surface area (Å²) in [5, 5.41) is 0. The van der Waals surface area contributed by atoms with Gasteiger partial charge in [0.2, 0.25) is 10.0 Å². The lowest BCUT2D eigenvalue weighted by molar-refractivity contribution is -0.930. The Labute approximate surface area is 148 Å². The first-order valence-corrected chi connectivity index (χ1v) is 9.83. The number of hydrogen-bond donors (Lipinski definition) is 1. The molecular formula is C16H26N3O5S+. The van der Waals surface area contributed by atoms with Crippen molar-refractivity contribution in [1.29, 1.82) is 0 Å². The minimum Gasteiger partial charge on any atom is -0.466 e. The predicted molar refractivity (Wildman–Crippen MR) is 91.6 cm³/mol. The molecule has 2 rings (SSSR count). The van der Waals surface area contributed by atoms with Crippen LogP contribution in [0.2, 0.25) is 0 Å². The highest BCUT2D eigenvalue weighted by Crippen LogP contribution is 2.11. The van der Waals surface area contributed by atoms with Crippen LogP contribution in [0.25, 0.3) is 0 Å². The lowest BCUT2D eigenvalue weighted by atomic mass is 9.98. The molecule has 8 nitrogen and oxygen atoms in total. The summed E-state index contributed by atoms with van der Waals surface area (Å²) in [6.45, 7) is 3.87. The van der Waals surface area contributed by atoms with E-state index in [9.17, 15) is 18.0 Å². The lowest BCUT2D eigenvalue weighted by Gasteiger charge is -2.29. The van der Waals surface area contributed by atoms with Crippen molar-refractivity contribution in [1.82, 2.24) is 8.87 Å². The molecule has 0 bridgehead atoms. The first kappa shape index (κ1) is 19.6. The molecule has 0 spiro atoms. The van der Waals surface area contributed by atoms with Crippen LogP contribution in [0, 0.1) is 5.92 Å². The van der Waals surface area contributed by atoms with Gasteiger partial charge in [-0.25, -0.2) is 12.7 Å². The van der Waals surface area contributed by atoms with Gasteiger partial charge in [-0.05, 0) is 25.8 Å². The topological polar surface area (TPSA) is 90.1 Å². The Morgan fingerprint density at radius 1 is 1.40 bits per heavy atom. The molecule has 2 atom stereocenters. The van der Waals surface area contributed by atoms with Gasteiger partial charge in [0.15, 0.2) is 6.67 Å². The molecule has 1 aromatic rings. The van der Waals surface area contributed by atoms with Crippen molar-refractivity contribution < 1.29 is 22.8 Å². The summed E-state index contributed by atoms with van der Waals surface area (Å²) >= 11 is 0. The van der Waals surface area contributed by atoms with Gasteiger partial charge < -0.3 is 9.64 Å². The zero-order valence-electron chi connectivity index (χ0n) is 14.9. The summed E-state index contributed by atoms with van der Waals surface area (Å²) in [4.78, 5) is 25.2. The number of rotatable bonds is 6. The van der Waals surface area contributed by atoms with E-state index in [4.69, 9.17) is 4.74 Å². The van der Waals surface area contributed by atoms with E-state index in [1.54, 1.807) is 6.92 Å². The highest BCUT2D eigenvalue weighted by atomic mass is 32.2. The van der Waals surface area contributed by atoms with Crippen molar-refractivity contribution >= 4 is 16.0 Å². The van der Waals surface area contributed by atoms with Crippen molar-refractivity contribution in [2.75, 3.05) is 33.8 Å². The van der Waals surface area contributed by atoms with Crippen LogP contribution in [-0.2, 0) is 26.2 Å². The first-order chi connectivity index (χ1) is 11.8. The number of piperidine rings is 1. The van der Waals surface area contributed by atoms with Gasteiger partial charge in [0.05, 0.1) is 24.6 Å². The molecule has 0 aliphatic carbocycles. The maximum Gasteiger partial charge on any atom is 0.314 e. The number of hydrogen-bond acceptors (Lipinski definition) is 5. The van der Waals surface area contributed by atoms with E-state index in [0.717, 1.165) is 28.6 Å². The number of nitrogens with zero attached hydrogens (tertiary/aromatic N) is 2. The van der Waals surface area contributed by atoms with E-state index in [-0.39, 0.29) is 22.3 Å². The van der Waals surface area contributed by atoms with Gasteiger partial charge in [0, 0.05) is 26.4 Å². The molecule has 2 heterocycles. The second-order valence-electron chi connectivity index (χ2n) is 6.41. The number of nitrogens with one attached hydrogen (secondary N) is 1. The van der Waals surface area contributed by atoms with Gasteiger partial charge in [0.25, 0.3) is 5.56 Å². The van der Waals surface area contributed by atoms with Gasteiger partial charge in [-0.15, -0.1) is 0 Å². The van der Waals surface area contributed by atoms with E-state index in [1.807, 2.05) is 0 Å². The number of aromatic nitrogens is 1. The fraction of sp³-hybridized carbons (Fsp3) is 0.625. The van der Waals surface area contributed by atoms with Crippen LogP contribution in [-0.4, -0.2) is 57.1 Å². The molecule has 0 aromatic carbocycles. The van der Waals surface area contributed by atoms with E-state index >= 15 is 0 Å². The summed E-state index contributed by atoms with van der Waals surface area (Å²) in [5.41, 5.74) is -0.261. The second kappa shape index (κ2) is 8.11. The van der Waals surface area contributed by atoms with Crippen molar-refractivity contribution in [3.05, 3.63) is 28.7 Å². The van der Waals surface area contributed by atoms with E-state index in [1.165, 1.54) is 37.0 Å². The maximum atomic E-state index is 12.2. The summed E-state index contributed by atoms with van der Waals surface area (Å²) < 4.78 is 32.1. The quantitative estimate of drug-likeness (QED) is 0.641. The molecule has 1 aliphatic heterocycles. The molecule has 1 saturated heterocycles. The maximum absolute atomic E-state index is 12.2. The Kier molecular flexibility index (Phi) is 6.36. The molecule has 25 heavy (non-hydrogen) atoms. The molecule has 0 saturated carbocycles. The molecule has 1 aromatic heterocycles. The molecule has 0 radical (unpaired) electrons. The van der Waals surface area contributed by atoms with Crippen LogP contribution in [0.4, 0.5) is 0 Å². The number of pyridine rings is 1. The van der Waals surface area contributed by atoms with Crippen molar-refractivity contribution in [3.63, 3.8) is 0 Å². The molecule has 1 aliphatic rings. The van der Waals surface area contributed by atoms with Gasteiger partial charge in [-0.3, -0.25) is 14.2 Å². The normalized spacial score (nSPS) is 21.3. The van der Waals surface area contributed by atoms with Crippen LogP contribution in [0.15, 0.2) is 28.0 Å². The number of ether oxygens (including phenoxy) is 1. The van der Waals surface area contributed by atoms with Crippen LogP contribution in [0.3, 0.4) is 0 Å². The minimum atomic E-state index is -3.60. The third-order valence-electron chi connectivity index (χ3n) is 4.37. The number of esters is 1. The molecule has 9 heteroatoms. The van der Waals surface area contributed by atoms with Crippen molar-refractivity contribution in [3.8, 4) is 0 Å². The van der Waals surface area contributed by atoms with Gasteiger partial charge in [-0.2, -0.15) is 0 Å². The van der Waals surface area contributed by atoms with Gasteiger partial charge in [0.1, 0.15) is 5.92 Å². The fourth-order valence-corrected chi connectivity index (χ4v) is 3.92. The fourth-order valence-electron chi connectivity index (χ4n) is 2.99. The lowest BCUT2D eigenvalue weighted by Crippen LogP contribution is -3.13. The van der Waals surface area contributed by atoms with Gasteiger partial charge >= 0.3 is 5.97 Å². The van der Waals surface area contributed by atoms with E-state index in [0.29, 0.717) is 19.8 Å². The SMILES string of the molecule is CCOC(=O)[C@@H]1CCC[NH+](Cn2cc(S(=O)(=O)N(C)C)ccc2=O)C1. The molecule has 1 N–H and O–H groups in total. The molecule has 140 valence electrons. The largest absolute Gasteiger partial charge is 0.466 e. The average Bonchev–Trinajstić information content (AvgIpc) is 2.57. The number of carbonyl (C=O) groups is 1. The number of carbonyl (C=O) groups excluding carboxylic acids is 1. The standard InChI is InChI=1S/C16H25N3O5S/c1-4-24-16(21)13-6-5-9-18(10-13)12-19-11-14(7-8-15(19)20)25(22,23)17(2)3/h7-8,11,13H,4-6,9-10,12H2,1-3H3/p+1/t13-/m1/s1. The molecule has 1 fully saturated rings. The Hall–Kier alpha value is -1.71. The smallest absolute Gasteiger partial charge is 0.314 e. The Morgan fingerprint density at radius 2 is 2.12 bits per heavy atom. The predicted octanol–water partition coefficient (Wildman–Crippen LogP) is -1.09. The van der Waals surface area contributed by atoms with Crippen LogP contribution < -0.4 is 10.5 Å². The monoisotopic (exact) mass is 372 g/mol. The molecule has 1 unspecified atom stereocenters. The van der Waals surface area contributed by atoms with Crippen LogP contribution >= 0.6 is 0 Å². The third-order valence-corrected chi connectivity index (χ3v) is 6.17. The van der Waals surface area contributed by atoms with E-state index in [2.05, 4.69) is 0 Å². The highest BCUT2D eigenvalue weighted by Gasteiger charge is 2.30. The second-order valence-corrected chi connectivity index (χ2v) is 8.57. The Balaban J connectivity index is 2.17. The van der Waals surface area contributed by atoms with E-state index < -0.39 is 10.0 Å². The number of sulfonamides is 1. The summed E-state index contributed by atoms with van der Waals surface area (Å²) in [7, 11) is -0.700. The van der Waals surface area contributed by atoms with Crippen molar-refractivity contribution in [2.24, 2.45) is 5.92 Å². The average molecular weight is 372 g/mol. The molecule has 0 amide bonds. The zero-order valence-corrected chi connectivity index (χ0v) is 15.7. The van der Waals surface area contributed by atoms with Crippen LogP contribution in [0.1, 0.15) is 19.8 Å². The van der Waals surface area contributed by atoms with Crippen molar-refractivity contribution in [2.45, 2.75) is 31.3 Å². The number of quaternary nitrogens is 1. The third kappa shape index (κ3) is 4.68. The zero-order chi connectivity index (χ0) is 18.6. The Morgan fingerprint density at radius 3 is 2.76 bits per heavy atom. The summed E-state index contributed by atoms with van der Waals surface area (Å²) in [5.74, 6) is -0.371. The first-order valence-electron chi connectivity index (χ1n) is 8.39. The van der Waals surface area contributed by atoms with Gasteiger partial charge in [-0.1, -0.05) is 0 Å².